The zero-order valence-electron chi connectivity index (χ0n) is 14.4. The van der Waals surface area contributed by atoms with E-state index >= 15 is 0 Å². The highest BCUT2D eigenvalue weighted by Gasteiger charge is 2.58. The highest BCUT2D eigenvalue weighted by atomic mass is 15.0. The Bertz CT molecular complexity index is 274. The molecule has 2 heteroatoms. The normalized spacial score (nSPS) is 33.3. The van der Waals surface area contributed by atoms with Gasteiger partial charge in [-0.05, 0) is 43.9 Å². The largest absolute Gasteiger partial charge is 0.324 e. The molecule has 2 unspecified atom stereocenters. The lowest BCUT2D eigenvalue weighted by Gasteiger charge is -2.62. The number of nitrogens with two attached hydrogens (primary N) is 2. The van der Waals surface area contributed by atoms with Gasteiger partial charge in [0.15, 0.2) is 0 Å². The molecule has 0 bridgehead atoms. The predicted molar refractivity (Wildman–Crippen MR) is 89.8 cm³/mol. The molecule has 0 aromatic rings. The summed E-state index contributed by atoms with van der Waals surface area (Å²) < 4.78 is 0. The minimum absolute atomic E-state index is 0.152. The Morgan fingerprint density at radius 1 is 0.700 bits per heavy atom. The van der Waals surface area contributed by atoms with E-state index in [1.165, 1.54) is 38.5 Å². The van der Waals surface area contributed by atoms with Crippen LogP contribution in [0.4, 0.5) is 0 Å². The van der Waals surface area contributed by atoms with Crippen molar-refractivity contribution in [3.63, 3.8) is 0 Å². The van der Waals surface area contributed by atoms with Gasteiger partial charge >= 0.3 is 0 Å². The van der Waals surface area contributed by atoms with Gasteiger partial charge in [-0.2, -0.15) is 0 Å². The highest BCUT2D eigenvalue weighted by Crippen LogP contribution is 2.55. The van der Waals surface area contributed by atoms with Gasteiger partial charge in [-0.25, -0.2) is 0 Å². The van der Waals surface area contributed by atoms with E-state index in [4.69, 9.17) is 11.5 Å². The summed E-state index contributed by atoms with van der Waals surface area (Å²) in [4.78, 5) is 0. The van der Waals surface area contributed by atoms with E-state index < -0.39 is 0 Å². The first-order valence-electron chi connectivity index (χ1n) is 9.03. The van der Waals surface area contributed by atoms with Crippen LogP contribution in [0, 0.1) is 5.41 Å². The monoisotopic (exact) mass is 282 g/mol. The maximum Gasteiger partial charge on any atom is 0.0393 e. The second kappa shape index (κ2) is 7.26. The van der Waals surface area contributed by atoms with Crippen LogP contribution in [0.5, 0.6) is 0 Å². The van der Waals surface area contributed by atoms with E-state index in [1.807, 2.05) is 0 Å². The Labute approximate surface area is 127 Å². The van der Waals surface area contributed by atoms with Crippen LogP contribution in [0.15, 0.2) is 0 Å². The van der Waals surface area contributed by atoms with Crippen LogP contribution >= 0.6 is 0 Å². The molecule has 4 N–H and O–H groups in total. The third-order valence-corrected chi connectivity index (χ3v) is 5.91. The smallest absolute Gasteiger partial charge is 0.0393 e. The molecule has 1 saturated carbocycles. The van der Waals surface area contributed by atoms with Crippen LogP contribution in [-0.4, -0.2) is 11.1 Å². The van der Waals surface area contributed by atoms with Gasteiger partial charge in [0.1, 0.15) is 0 Å². The molecule has 1 fully saturated rings. The lowest BCUT2D eigenvalue weighted by atomic mass is 9.49. The van der Waals surface area contributed by atoms with Crippen molar-refractivity contribution < 1.29 is 0 Å². The Hall–Kier alpha value is -0.0800. The fourth-order valence-corrected chi connectivity index (χ4v) is 5.20. The first kappa shape index (κ1) is 18.0. The summed E-state index contributed by atoms with van der Waals surface area (Å²) in [6.45, 7) is 9.11. The maximum absolute atomic E-state index is 7.16. The van der Waals surface area contributed by atoms with Crippen molar-refractivity contribution in [1.29, 1.82) is 0 Å². The third kappa shape index (κ3) is 2.92. The first-order valence-corrected chi connectivity index (χ1v) is 9.03. The summed E-state index contributed by atoms with van der Waals surface area (Å²) in [7, 11) is 0. The molecule has 0 saturated heterocycles. The van der Waals surface area contributed by atoms with E-state index in [2.05, 4.69) is 27.7 Å². The summed E-state index contributed by atoms with van der Waals surface area (Å²) in [6, 6.07) is 0. The van der Waals surface area contributed by atoms with Crippen LogP contribution in [0.25, 0.3) is 0 Å². The summed E-state index contributed by atoms with van der Waals surface area (Å²) in [5.41, 5.74) is 14.1. The zero-order chi connectivity index (χ0) is 15.3. The van der Waals surface area contributed by atoms with E-state index in [0.29, 0.717) is 0 Å². The van der Waals surface area contributed by atoms with Gasteiger partial charge in [0, 0.05) is 11.1 Å². The lowest BCUT2D eigenvalue weighted by molar-refractivity contribution is -0.0340. The molecular weight excluding hydrogens is 244 g/mol. The Balaban J connectivity index is 3.24. The first-order chi connectivity index (χ1) is 9.45. The molecule has 0 aliphatic heterocycles. The molecular formula is C18H38N2. The van der Waals surface area contributed by atoms with E-state index in [0.717, 1.165) is 32.1 Å². The number of rotatable bonds is 8. The topological polar surface area (TPSA) is 52.0 Å². The van der Waals surface area contributed by atoms with Crippen LogP contribution in [0.1, 0.15) is 98.3 Å². The van der Waals surface area contributed by atoms with Crippen molar-refractivity contribution in [3.05, 3.63) is 0 Å². The Kier molecular flexibility index (Phi) is 6.53. The van der Waals surface area contributed by atoms with Gasteiger partial charge in [-0.1, -0.05) is 59.8 Å². The molecule has 0 heterocycles. The average molecular weight is 283 g/mol. The average Bonchev–Trinajstić information content (AvgIpc) is 2.38. The quantitative estimate of drug-likeness (QED) is 0.675. The van der Waals surface area contributed by atoms with Gasteiger partial charge in [-0.3, -0.25) is 0 Å². The lowest BCUT2D eigenvalue weighted by Crippen LogP contribution is -2.75. The predicted octanol–water partition coefficient (Wildman–Crippen LogP) is 4.75. The number of hydrogen-bond donors (Lipinski definition) is 2. The molecule has 0 aromatic heterocycles. The van der Waals surface area contributed by atoms with Crippen molar-refractivity contribution in [2.75, 3.05) is 0 Å². The van der Waals surface area contributed by atoms with Crippen molar-refractivity contribution >= 4 is 0 Å². The van der Waals surface area contributed by atoms with Crippen molar-refractivity contribution in [2.24, 2.45) is 16.9 Å². The van der Waals surface area contributed by atoms with Crippen LogP contribution in [-0.2, 0) is 0 Å². The van der Waals surface area contributed by atoms with Gasteiger partial charge in [0.05, 0.1) is 0 Å². The second-order valence-electron chi connectivity index (χ2n) is 7.26. The number of hydrogen-bond acceptors (Lipinski definition) is 2. The SMILES string of the molecule is CCCC1(N)CCCC(CCC)(CCC)C1(N)CCC. The molecule has 20 heavy (non-hydrogen) atoms. The van der Waals surface area contributed by atoms with Gasteiger partial charge in [0.2, 0.25) is 0 Å². The zero-order valence-corrected chi connectivity index (χ0v) is 14.4. The molecule has 0 radical (unpaired) electrons. The second-order valence-corrected chi connectivity index (χ2v) is 7.26. The molecule has 120 valence electrons. The Morgan fingerprint density at radius 2 is 1.20 bits per heavy atom. The maximum atomic E-state index is 7.16. The van der Waals surface area contributed by atoms with E-state index in [9.17, 15) is 0 Å². The van der Waals surface area contributed by atoms with Crippen LogP contribution < -0.4 is 11.5 Å². The standard InChI is InChI=1S/C18H38N2/c1-5-10-16(11-6-2)14-9-15-17(19,12-7-3)18(16,20)13-8-4/h5-15,19-20H2,1-4H3. The van der Waals surface area contributed by atoms with E-state index in [-0.39, 0.29) is 16.5 Å². The fraction of sp³-hybridized carbons (Fsp3) is 1.00. The summed E-state index contributed by atoms with van der Waals surface area (Å²) in [5.74, 6) is 0. The molecule has 2 atom stereocenters. The summed E-state index contributed by atoms with van der Waals surface area (Å²) in [5, 5.41) is 0. The molecule has 2 nitrogen and oxygen atoms in total. The summed E-state index contributed by atoms with van der Waals surface area (Å²) in [6.07, 6.45) is 13.1. The molecule has 0 aromatic carbocycles. The molecule has 1 rings (SSSR count). The van der Waals surface area contributed by atoms with Crippen molar-refractivity contribution in [2.45, 2.75) is 109 Å². The molecule has 0 amide bonds. The highest BCUT2D eigenvalue weighted by molar-refractivity contribution is 5.18. The van der Waals surface area contributed by atoms with Crippen molar-refractivity contribution in [1.82, 2.24) is 0 Å². The van der Waals surface area contributed by atoms with Gasteiger partial charge in [-0.15, -0.1) is 0 Å². The van der Waals surface area contributed by atoms with E-state index in [1.54, 1.807) is 0 Å². The minimum atomic E-state index is -0.172. The summed E-state index contributed by atoms with van der Waals surface area (Å²) >= 11 is 0. The van der Waals surface area contributed by atoms with Crippen LogP contribution in [0.3, 0.4) is 0 Å². The van der Waals surface area contributed by atoms with Gasteiger partial charge < -0.3 is 11.5 Å². The Morgan fingerprint density at radius 3 is 1.65 bits per heavy atom. The van der Waals surface area contributed by atoms with Gasteiger partial charge in [0.25, 0.3) is 0 Å². The van der Waals surface area contributed by atoms with Crippen molar-refractivity contribution in [3.8, 4) is 0 Å². The molecule has 1 aliphatic carbocycles. The molecule has 1 aliphatic rings. The third-order valence-electron chi connectivity index (χ3n) is 5.91. The van der Waals surface area contributed by atoms with Crippen LogP contribution in [0.2, 0.25) is 0 Å². The fourth-order valence-electron chi connectivity index (χ4n) is 5.20. The minimum Gasteiger partial charge on any atom is -0.324 e. The molecule has 0 spiro atoms.